The summed E-state index contributed by atoms with van der Waals surface area (Å²) in [5, 5.41) is 2.58. The van der Waals surface area contributed by atoms with Crippen molar-refractivity contribution in [3.63, 3.8) is 0 Å². The van der Waals surface area contributed by atoms with Crippen LogP contribution in [0.5, 0.6) is 0 Å². The fraction of sp³-hybridized carbons (Fsp3) is 0.316. The highest BCUT2D eigenvalue weighted by atomic mass is 31.1. The Balaban J connectivity index is 2.01. The van der Waals surface area contributed by atoms with Gasteiger partial charge in [-0.2, -0.15) is 0 Å². The molecule has 0 saturated heterocycles. The first-order valence-corrected chi connectivity index (χ1v) is 9.01. The molecule has 0 saturated carbocycles. The Morgan fingerprint density at radius 3 is 1.82 bits per heavy atom. The average molecular weight is 311 g/mol. The van der Waals surface area contributed by atoms with Crippen molar-refractivity contribution in [3.05, 3.63) is 60.7 Å². The number of hydrogen-bond donors (Lipinski definition) is 0. The number of nitrogens with zero attached hydrogens (tertiary/aromatic N) is 1. The molecule has 2 nitrogen and oxygen atoms in total. The van der Waals surface area contributed by atoms with Gasteiger partial charge in [0.1, 0.15) is 6.61 Å². The van der Waals surface area contributed by atoms with E-state index in [1.54, 1.807) is 0 Å². The minimum atomic E-state index is -0.698. The lowest BCUT2D eigenvalue weighted by Gasteiger charge is -2.21. The molecule has 0 unspecified atom stereocenters. The second kappa shape index (κ2) is 6.22. The Morgan fingerprint density at radius 1 is 0.909 bits per heavy atom. The third-order valence-electron chi connectivity index (χ3n) is 3.86. The number of ether oxygens (including phenoxy) is 1. The average Bonchev–Trinajstić information content (AvgIpc) is 2.99. The molecule has 22 heavy (non-hydrogen) atoms. The predicted molar refractivity (Wildman–Crippen MR) is 95.7 cm³/mol. The van der Waals surface area contributed by atoms with Crippen LogP contribution < -0.4 is 10.6 Å². The summed E-state index contributed by atoms with van der Waals surface area (Å²) in [6, 6.07) is 21.4. The first-order chi connectivity index (χ1) is 10.6. The molecule has 0 fully saturated rings. The third kappa shape index (κ3) is 3.23. The highest BCUT2D eigenvalue weighted by Crippen LogP contribution is 2.40. The highest BCUT2D eigenvalue weighted by molar-refractivity contribution is 7.87. The van der Waals surface area contributed by atoms with Gasteiger partial charge in [-0.05, 0) is 16.0 Å². The lowest BCUT2D eigenvalue weighted by atomic mass is 9.88. The number of benzene rings is 2. The zero-order valence-electron chi connectivity index (χ0n) is 13.4. The van der Waals surface area contributed by atoms with Crippen LogP contribution in [0.4, 0.5) is 0 Å². The molecule has 0 bridgehead atoms. The van der Waals surface area contributed by atoms with Crippen LogP contribution in [0.25, 0.3) is 0 Å². The first-order valence-electron chi connectivity index (χ1n) is 7.66. The van der Waals surface area contributed by atoms with Gasteiger partial charge in [0, 0.05) is 7.92 Å². The van der Waals surface area contributed by atoms with Crippen LogP contribution in [0.2, 0.25) is 0 Å². The standard InChI is InChI=1S/C19H22NOP/c1-19(2,3)17-14-21-18(20-17)22(15-10-6-4-7-11-15)16-12-8-5-9-13-16/h4-13,17H,14H2,1-3H3/t17-/m1/s1. The van der Waals surface area contributed by atoms with Gasteiger partial charge in [0.15, 0.2) is 0 Å². The van der Waals surface area contributed by atoms with Crippen molar-refractivity contribution in [2.75, 3.05) is 6.61 Å². The van der Waals surface area contributed by atoms with Crippen molar-refractivity contribution in [2.24, 2.45) is 10.4 Å². The minimum Gasteiger partial charge on any atom is -0.475 e. The summed E-state index contributed by atoms with van der Waals surface area (Å²) in [6.45, 7) is 7.36. The molecule has 2 aromatic carbocycles. The zero-order chi connectivity index (χ0) is 15.6. The monoisotopic (exact) mass is 311 g/mol. The second-order valence-corrected chi connectivity index (χ2v) is 8.70. The van der Waals surface area contributed by atoms with Crippen LogP contribution in [0.1, 0.15) is 20.8 Å². The van der Waals surface area contributed by atoms with Crippen LogP contribution in [-0.4, -0.2) is 18.3 Å². The molecule has 2 aromatic rings. The van der Waals surface area contributed by atoms with Gasteiger partial charge in [-0.3, -0.25) is 0 Å². The van der Waals surface area contributed by atoms with E-state index in [1.807, 2.05) is 0 Å². The summed E-state index contributed by atoms with van der Waals surface area (Å²) < 4.78 is 6.04. The summed E-state index contributed by atoms with van der Waals surface area (Å²) in [4.78, 5) is 4.94. The van der Waals surface area contributed by atoms with E-state index in [2.05, 4.69) is 81.4 Å². The molecule has 3 rings (SSSR count). The van der Waals surface area contributed by atoms with Gasteiger partial charge >= 0.3 is 0 Å². The van der Waals surface area contributed by atoms with Gasteiger partial charge < -0.3 is 4.74 Å². The van der Waals surface area contributed by atoms with E-state index in [0.717, 1.165) is 5.64 Å². The quantitative estimate of drug-likeness (QED) is 0.787. The molecule has 0 radical (unpaired) electrons. The molecule has 0 aromatic heterocycles. The van der Waals surface area contributed by atoms with Crippen molar-refractivity contribution in [3.8, 4) is 0 Å². The summed E-state index contributed by atoms with van der Waals surface area (Å²) in [5.74, 6) is 0. The van der Waals surface area contributed by atoms with Crippen LogP contribution in [0.15, 0.2) is 65.7 Å². The highest BCUT2D eigenvalue weighted by Gasteiger charge is 2.34. The van der Waals surface area contributed by atoms with Crippen molar-refractivity contribution < 1.29 is 4.74 Å². The number of rotatable bonds is 3. The van der Waals surface area contributed by atoms with E-state index in [-0.39, 0.29) is 11.5 Å². The van der Waals surface area contributed by atoms with Gasteiger partial charge in [-0.15, -0.1) is 0 Å². The maximum atomic E-state index is 6.04. The molecule has 0 spiro atoms. The predicted octanol–water partition coefficient (Wildman–Crippen LogP) is 3.92. The Bertz CT molecular complexity index is 607. The topological polar surface area (TPSA) is 21.6 Å². The Kier molecular flexibility index (Phi) is 4.31. The molecule has 1 aliphatic heterocycles. The summed E-state index contributed by atoms with van der Waals surface area (Å²) in [5.41, 5.74) is 1.04. The maximum Gasteiger partial charge on any atom is 0.215 e. The minimum absolute atomic E-state index is 0.135. The molecule has 3 heteroatoms. The normalized spacial score (nSPS) is 18.2. The van der Waals surface area contributed by atoms with Crippen LogP contribution in [0, 0.1) is 5.41 Å². The fourth-order valence-corrected chi connectivity index (χ4v) is 4.59. The molecule has 0 aliphatic carbocycles. The molecule has 0 N–H and O–H groups in total. The zero-order valence-corrected chi connectivity index (χ0v) is 14.3. The molecular weight excluding hydrogens is 289 g/mol. The van der Waals surface area contributed by atoms with Crippen molar-refractivity contribution in [1.29, 1.82) is 0 Å². The third-order valence-corrected chi connectivity index (χ3v) is 6.11. The number of aliphatic imine (C=N–C) groups is 1. The van der Waals surface area contributed by atoms with E-state index >= 15 is 0 Å². The lowest BCUT2D eigenvalue weighted by Crippen LogP contribution is -2.25. The molecule has 1 aliphatic rings. The van der Waals surface area contributed by atoms with Gasteiger partial charge in [-0.25, -0.2) is 4.99 Å². The summed E-state index contributed by atoms with van der Waals surface area (Å²) in [6.07, 6.45) is 0. The smallest absolute Gasteiger partial charge is 0.215 e. The summed E-state index contributed by atoms with van der Waals surface area (Å²) >= 11 is 0. The van der Waals surface area contributed by atoms with Crippen LogP contribution in [-0.2, 0) is 4.74 Å². The summed E-state index contributed by atoms with van der Waals surface area (Å²) in [7, 11) is -0.698. The second-order valence-electron chi connectivity index (χ2n) is 6.61. The maximum absolute atomic E-state index is 6.04. The largest absolute Gasteiger partial charge is 0.475 e. The van der Waals surface area contributed by atoms with E-state index in [0.29, 0.717) is 6.61 Å². The van der Waals surface area contributed by atoms with Crippen LogP contribution >= 0.6 is 7.92 Å². The van der Waals surface area contributed by atoms with Crippen molar-refractivity contribution >= 4 is 24.2 Å². The van der Waals surface area contributed by atoms with Crippen molar-refractivity contribution in [2.45, 2.75) is 26.8 Å². The molecule has 114 valence electrons. The molecular formula is C19H22NOP. The van der Waals surface area contributed by atoms with Crippen molar-refractivity contribution in [1.82, 2.24) is 0 Å². The lowest BCUT2D eigenvalue weighted by molar-refractivity contribution is 0.238. The Morgan fingerprint density at radius 2 is 1.41 bits per heavy atom. The van der Waals surface area contributed by atoms with E-state index < -0.39 is 7.92 Å². The molecule has 1 heterocycles. The fourth-order valence-electron chi connectivity index (χ4n) is 2.45. The molecule has 1 atom stereocenters. The Hall–Kier alpha value is -1.66. The number of hydrogen-bond acceptors (Lipinski definition) is 2. The van der Waals surface area contributed by atoms with Gasteiger partial charge in [0.2, 0.25) is 5.64 Å². The van der Waals surface area contributed by atoms with Gasteiger partial charge in [-0.1, -0.05) is 81.4 Å². The van der Waals surface area contributed by atoms with E-state index in [9.17, 15) is 0 Å². The van der Waals surface area contributed by atoms with Gasteiger partial charge in [0.25, 0.3) is 0 Å². The molecule has 0 amide bonds. The van der Waals surface area contributed by atoms with Gasteiger partial charge in [0.05, 0.1) is 6.04 Å². The Labute approximate surface area is 134 Å². The first kappa shape index (κ1) is 15.2. The van der Waals surface area contributed by atoms with E-state index in [1.165, 1.54) is 10.6 Å². The SMILES string of the molecule is CC(C)(C)[C@H]1COC(P(c2ccccc2)c2ccccc2)=N1. The van der Waals surface area contributed by atoms with Crippen LogP contribution in [0.3, 0.4) is 0 Å². The van der Waals surface area contributed by atoms with E-state index in [4.69, 9.17) is 9.73 Å².